The summed E-state index contributed by atoms with van der Waals surface area (Å²) in [5, 5.41) is 19.1. The summed E-state index contributed by atoms with van der Waals surface area (Å²) in [5.41, 5.74) is -1.40. The van der Waals surface area contributed by atoms with Crippen LogP contribution in [0.2, 0.25) is 0 Å². The molecular formula is C18H20F3N3O4. The monoisotopic (exact) mass is 399 g/mol. The lowest BCUT2D eigenvalue weighted by Crippen LogP contribution is -2.31. The quantitative estimate of drug-likeness (QED) is 0.812. The number of aromatic hydroxyl groups is 1. The van der Waals surface area contributed by atoms with Gasteiger partial charge in [-0.15, -0.1) is 0 Å². The maximum Gasteiger partial charge on any atom is 0.417 e. The van der Waals surface area contributed by atoms with Crippen LogP contribution in [0.1, 0.15) is 23.5 Å². The van der Waals surface area contributed by atoms with Gasteiger partial charge in [0.25, 0.3) is 0 Å². The maximum absolute atomic E-state index is 12.7. The number of hydrogen-bond acceptors (Lipinski definition) is 7. The zero-order chi connectivity index (χ0) is 20.3. The molecule has 2 N–H and O–H groups in total. The van der Waals surface area contributed by atoms with E-state index in [1.807, 2.05) is 9.80 Å². The third kappa shape index (κ3) is 4.63. The van der Waals surface area contributed by atoms with Crippen LogP contribution in [0.25, 0.3) is 0 Å². The molecule has 28 heavy (non-hydrogen) atoms. The number of rotatable bonds is 4. The van der Waals surface area contributed by atoms with Gasteiger partial charge in [-0.2, -0.15) is 13.2 Å². The Labute approximate surface area is 158 Å². The topological polar surface area (TPSA) is 90.0 Å². The Morgan fingerprint density at radius 3 is 2.61 bits per heavy atom. The molecule has 0 aromatic carbocycles. The summed E-state index contributed by atoms with van der Waals surface area (Å²) in [5.74, 6) is 0.134. The number of hydrogen-bond donors (Lipinski definition) is 2. The molecule has 0 spiro atoms. The van der Waals surface area contributed by atoms with E-state index in [1.165, 1.54) is 6.07 Å². The molecule has 0 atom stereocenters. The largest absolute Gasteiger partial charge is 0.502 e. The Hall–Kier alpha value is -2.59. The zero-order valence-electron chi connectivity index (χ0n) is 14.9. The van der Waals surface area contributed by atoms with Gasteiger partial charge in [0.1, 0.15) is 18.2 Å². The van der Waals surface area contributed by atoms with E-state index in [0.29, 0.717) is 38.4 Å². The second-order valence-electron chi connectivity index (χ2n) is 6.53. The minimum atomic E-state index is -4.42. The van der Waals surface area contributed by atoms with Crippen molar-refractivity contribution in [1.82, 2.24) is 9.88 Å². The fraction of sp³-hybridized carbons (Fsp3) is 0.444. The van der Waals surface area contributed by atoms with Gasteiger partial charge in [0.05, 0.1) is 12.1 Å². The van der Waals surface area contributed by atoms with Gasteiger partial charge >= 0.3 is 6.18 Å². The van der Waals surface area contributed by atoms with Crippen molar-refractivity contribution in [3.63, 3.8) is 0 Å². The Kier molecular flexibility index (Phi) is 5.90. The third-order valence-corrected chi connectivity index (χ3v) is 4.55. The van der Waals surface area contributed by atoms with Crippen LogP contribution >= 0.6 is 0 Å². The normalized spacial score (nSPS) is 16.2. The molecule has 2 aromatic rings. The molecule has 2 aromatic heterocycles. The third-order valence-electron chi connectivity index (χ3n) is 4.55. The lowest BCUT2D eigenvalue weighted by molar-refractivity contribution is -0.137. The highest BCUT2D eigenvalue weighted by Crippen LogP contribution is 2.29. The highest BCUT2D eigenvalue weighted by atomic mass is 19.4. The van der Waals surface area contributed by atoms with E-state index in [1.54, 1.807) is 0 Å². The number of halogens is 3. The second kappa shape index (κ2) is 8.19. The number of alkyl halides is 3. The zero-order valence-corrected chi connectivity index (χ0v) is 14.9. The Morgan fingerprint density at radius 1 is 1.18 bits per heavy atom. The fourth-order valence-electron chi connectivity index (χ4n) is 3.08. The predicted molar refractivity (Wildman–Crippen MR) is 93.9 cm³/mol. The van der Waals surface area contributed by atoms with Gasteiger partial charge in [-0.05, 0) is 18.6 Å². The smallest absolute Gasteiger partial charge is 0.417 e. The Balaban J connectivity index is 1.67. The van der Waals surface area contributed by atoms with Crippen LogP contribution in [0.4, 0.5) is 19.0 Å². The highest BCUT2D eigenvalue weighted by Gasteiger charge is 2.31. The summed E-state index contributed by atoms with van der Waals surface area (Å²) >= 11 is 0. The summed E-state index contributed by atoms with van der Waals surface area (Å²) in [6, 6.07) is 3.41. The van der Waals surface area contributed by atoms with Crippen molar-refractivity contribution in [2.45, 2.75) is 25.7 Å². The van der Waals surface area contributed by atoms with E-state index in [-0.39, 0.29) is 18.1 Å². The number of anilines is 1. The Morgan fingerprint density at radius 2 is 1.96 bits per heavy atom. The van der Waals surface area contributed by atoms with Crippen LogP contribution < -0.4 is 10.3 Å². The van der Waals surface area contributed by atoms with Crippen molar-refractivity contribution in [3.8, 4) is 5.75 Å². The molecule has 1 saturated heterocycles. The van der Waals surface area contributed by atoms with Gasteiger partial charge in [-0.1, -0.05) is 0 Å². The standard InChI is InChI=1S/C18H20F3N3O4/c19-18(20,21)12-2-3-16(22-9-12)24-5-1-4-23(6-7-24)10-15-17(27)14(26)8-13(11-25)28-15/h2-3,8-9,25,27H,1,4-7,10-11H2. The van der Waals surface area contributed by atoms with E-state index in [4.69, 9.17) is 9.52 Å². The van der Waals surface area contributed by atoms with Gasteiger partial charge in [0.2, 0.25) is 11.2 Å². The summed E-state index contributed by atoms with van der Waals surface area (Å²) in [4.78, 5) is 19.5. The van der Waals surface area contributed by atoms with E-state index in [0.717, 1.165) is 18.3 Å². The number of nitrogens with zero attached hydrogens (tertiary/aromatic N) is 3. The van der Waals surface area contributed by atoms with Gasteiger partial charge in [0.15, 0.2) is 5.76 Å². The van der Waals surface area contributed by atoms with Gasteiger partial charge in [0, 0.05) is 38.4 Å². The molecule has 10 heteroatoms. The molecule has 1 fully saturated rings. The first-order valence-electron chi connectivity index (χ1n) is 8.74. The van der Waals surface area contributed by atoms with Crippen molar-refractivity contribution in [1.29, 1.82) is 0 Å². The van der Waals surface area contributed by atoms with Gasteiger partial charge < -0.3 is 19.5 Å². The van der Waals surface area contributed by atoms with Crippen molar-refractivity contribution < 1.29 is 27.8 Å². The molecule has 1 aliphatic heterocycles. The van der Waals surface area contributed by atoms with Crippen LogP contribution in [0.15, 0.2) is 33.6 Å². The van der Waals surface area contributed by atoms with E-state index in [2.05, 4.69) is 4.98 Å². The number of pyridine rings is 1. The lowest BCUT2D eigenvalue weighted by Gasteiger charge is -2.23. The molecular weight excluding hydrogens is 379 g/mol. The molecule has 3 rings (SSSR count). The van der Waals surface area contributed by atoms with Crippen molar-refractivity contribution in [2.75, 3.05) is 31.1 Å². The molecule has 152 valence electrons. The first-order valence-corrected chi connectivity index (χ1v) is 8.74. The fourth-order valence-corrected chi connectivity index (χ4v) is 3.08. The van der Waals surface area contributed by atoms with Crippen molar-refractivity contribution in [3.05, 3.63) is 51.7 Å². The first-order chi connectivity index (χ1) is 13.3. The average molecular weight is 399 g/mol. The minimum absolute atomic E-state index is 0.0724. The molecule has 0 unspecified atom stereocenters. The molecule has 7 nitrogen and oxygen atoms in total. The molecule has 1 aliphatic rings. The Bertz CT molecular complexity index is 868. The van der Waals surface area contributed by atoms with Crippen LogP contribution in [-0.2, 0) is 19.3 Å². The van der Waals surface area contributed by atoms with Crippen LogP contribution in [0.3, 0.4) is 0 Å². The maximum atomic E-state index is 12.7. The molecule has 0 aliphatic carbocycles. The van der Waals surface area contributed by atoms with Crippen LogP contribution in [0.5, 0.6) is 5.75 Å². The van der Waals surface area contributed by atoms with E-state index >= 15 is 0 Å². The molecule has 0 saturated carbocycles. The summed E-state index contributed by atoms with van der Waals surface area (Å²) in [7, 11) is 0. The molecule has 3 heterocycles. The van der Waals surface area contributed by atoms with Crippen molar-refractivity contribution in [2.24, 2.45) is 0 Å². The summed E-state index contributed by atoms with van der Waals surface area (Å²) in [6.45, 7) is 2.04. The van der Waals surface area contributed by atoms with E-state index < -0.39 is 29.5 Å². The minimum Gasteiger partial charge on any atom is -0.502 e. The average Bonchev–Trinajstić information content (AvgIpc) is 2.90. The molecule has 0 amide bonds. The number of aromatic nitrogens is 1. The highest BCUT2D eigenvalue weighted by molar-refractivity contribution is 5.40. The van der Waals surface area contributed by atoms with Gasteiger partial charge in [-0.25, -0.2) is 4.98 Å². The predicted octanol–water partition coefficient (Wildman–Crippen LogP) is 1.96. The summed E-state index contributed by atoms with van der Waals surface area (Å²) in [6.07, 6.45) is -2.88. The second-order valence-corrected chi connectivity index (χ2v) is 6.53. The van der Waals surface area contributed by atoms with Crippen LogP contribution in [-0.4, -0.2) is 46.3 Å². The first kappa shape index (κ1) is 20.2. The SMILES string of the molecule is O=c1cc(CO)oc(CN2CCCN(c3ccc(C(F)(F)F)cn3)CC2)c1O. The van der Waals surface area contributed by atoms with Gasteiger partial charge in [-0.3, -0.25) is 9.69 Å². The summed E-state index contributed by atoms with van der Waals surface area (Å²) < 4.78 is 43.4. The van der Waals surface area contributed by atoms with Crippen molar-refractivity contribution >= 4 is 5.82 Å². The lowest BCUT2D eigenvalue weighted by atomic mass is 10.2. The van der Waals surface area contributed by atoms with E-state index in [9.17, 15) is 23.1 Å². The molecule has 0 radical (unpaired) electrons. The number of aliphatic hydroxyl groups is 1. The molecule has 0 bridgehead atoms. The van der Waals surface area contributed by atoms with Crippen LogP contribution in [0, 0.1) is 0 Å². The number of aliphatic hydroxyl groups excluding tert-OH is 1.